The van der Waals surface area contributed by atoms with Crippen molar-refractivity contribution < 1.29 is 4.39 Å². The zero-order chi connectivity index (χ0) is 20.5. The zero-order valence-electron chi connectivity index (χ0n) is 17.3. The molecule has 0 heterocycles. The van der Waals surface area contributed by atoms with E-state index in [1.165, 1.54) is 22.8 Å². The van der Waals surface area contributed by atoms with Crippen molar-refractivity contribution >= 4 is 6.08 Å². The van der Waals surface area contributed by atoms with Gasteiger partial charge in [0.25, 0.3) is 0 Å². The van der Waals surface area contributed by atoms with E-state index < -0.39 is 0 Å². The van der Waals surface area contributed by atoms with Crippen LogP contribution >= 0.6 is 0 Å². The summed E-state index contributed by atoms with van der Waals surface area (Å²) in [7, 11) is 0. The number of aryl methyl sites for hydroxylation is 1. The maximum Gasteiger partial charge on any atom is 0.126 e. The number of nitrogens with one attached hydrogen (secondary N) is 1. The Bertz CT molecular complexity index is 902. The van der Waals surface area contributed by atoms with Crippen LogP contribution in [0.2, 0.25) is 0 Å². The first-order valence-electron chi connectivity index (χ1n) is 9.69. The van der Waals surface area contributed by atoms with Gasteiger partial charge >= 0.3 is 0 Å². The predicted octanol–water partition coefficient (Wildman–Crippen LogP) is 7.08. The van der Waals surface area contributed by atoms with Gasteiger partial charge in [-0.25, -0.2) is 4.39 Å². The lowest BCUT2D eigenvalue weighted by molar-refractivity contribution is 0.618. The molecular formula is C26H30FN. The molecule has 0 aliphatic heterocycles. The summed E-state index contributed by atoms with van der Waals surface area (Å²) in [5, 5.41) is 3.43. The Morgan fingerprint density at radius 3 is 2.61 bits per heavy atom. The van der Waals surface area contributed by atoms with Gasteiger partial charge < -0.3 is 5.32 Å². The highest BCUT2D eigenvalue weighted by Gasteiger charge is 2.06. The third kappa shape index (κ3) is 6.38. The van der Waals surface area contributed by atoms with Gasteiger partial charge in [-0.05, 0) is 80.2 Å². The Morgan fingerprint density at radius 2 is 1.93 bits per heavy atom. The van der Waals surface area contributed by atoms with Gasteiger partial charge in [-0.1, -0.05) is 61.2 Å². The van der Waals surface area contributed by atoms with E-state index in [4.69, 9.17) is 0 Å². The SMILES string of the molecule is C=C(/C=C/c1ccc(F)c(C)c1)NC(C)c1cccc(CC(/C=C\C)=C/C)c1. The molecule has 0 aliphatic rings. The van der Waals surface area contributed by atoms with Crippen molar-refractivity contribution in [3.63, 3.8) is 0 Å². The molecule has 0 radical (unpaired) electrons. The van der Waals surface area contributed by atoms with Crippen molar-refractivity contribution in [2.24, 2.45) is 0 Å². The lowest BCUT2D eigenvalue weighted by Crippen LogP contribution is -2.16. The number of hydrogen-bond acceptors (Lipinski definition) is 1. The van der Waals surface area contributed by atoms with Crippen LogP contribution in [0.15, 0.2) is 84.6 Å². The second-order valence-electron chi connectivity index (χ2n) is 7.02. The standard InChI is InChI=1S/C26H30FN/c1-6-9-22(7-2)17-24-10-8-11-25(18-24)21(5)28-20(4)12-13-23-14-15-26(27)19(3)16-23/h6-16,18,21,28H,4,17H2,1-3,5H3/b9-6-,13-12+,22-7+. The van der Waals surface area contributed by atoms with Gasteiger partial charge in [0.1, 0.15) is 5.82 Å². The van der Waals surface area contributed by atoms with Crippen molar-refractivity contribution in [2.45, 2.75) is 40.2 Å². The van der Waals surface area contributed by atoms with Gasteiger partial charge in [-0.15, -0.1) is 0 Å². The van der Waals surface area contributed by atoms with E-state index in [1.54, 1.807) is 13.0 Å². The molecule has 2 heteroatoms. The topological polar surface area (TPSA) is 12.0 Å². The molecular weight excluding hydrogens is 345 g/mol. The molecule has 1 atom stereocenters. The molecule has 146 valence electrons. The molecule has 0 saturated carbocycles. The molecule has 0 amide bonds. The van der Waals surface area contributed by atoms with E-state index >= 15 is 0 Å². The molecule has 1 N–H and O–H groups in total. The van der Waals surface area contributed by atoms with Crippen LogP contribution < -0.4 is 5.32 Å². The Labute approximate surface area is 169 Å². The summed E-state index contributed by atoms with van der Waals surface area (Å²) in [4.78, 5) is 0. The van der Waals surface area contributed by atoms with Crippen LogP contribution in [0.1, 0.15) is 49.1 Å². The summed E-state index contributed by atoms with van der Waals surface area (Å²) in [5.74, 6) is -0.182. The lowest BCUT2D eigenvalue weighted by Gasteiger charge is -2.17. The first kappa shape index (κ1) is 21.4. The van der Waals surface area contributed by atoms with Crippen molar-refractivity contribution in [3.8, 4) is 0 Å². The maximum absolute atomic E-state index is 13.4. The fourth-order valence-electron chi connectivity index (χ4n) is 3.06. The molecule has 2 rings (SSSR count). The van der Waals surface area contributed by atoms with Crippen LogP contribution in [-0.2, 0) is 6.42 Å². The number of benzene rings is 2. The Morgan fingerprint density at radius 1 is 1.14 bits per heavy atom. The Hall–Kier alpha value is -2.87. The van der Waals surface area contributed by atoms with E-state index in [-0.39, 0.29) is 11.9 Å². The van der Waals surface area contributed by atoms with Crippen molar-refractivity contribution in [1.29, 1.82) is 0 Å². The molecule has 0 aromatic heterocycles. The van der Waals surface area contributed by atoms with Crippen LogP contribution in [0.3, 0.4) is 0 Å². The molecule has 1 nitrogen and oxygen atoms in total. The van der Waals surface area contributed by atoms with E-state index in [0.29, 0.717) is 5.56 Å². The van der Waals surface area contributed by atoms with Gasteiger partial charge in [-0.3, -0.25) is 0 Å². The molecule has 0 saturated heterocycles. The van der Waals surface area contributed by atoms with Crippen LogP contribution in [0, 0.1) is 12.7 Å². The largest absolute Gasteiger partial charge is 0.379 e. The van der Waals surface area contributed by atoms with E-state index in [2.05, 4.69) is 68.2 Å². The average molecular weight is 376 g/mol. The van der Waals surface area contributed by atoms with E-state index in [1.807, 2.05) is 25.1 Å². The monoisotopic (exact) mass is 375 g/mol. The first-order valence-corrected chi connectivity index (χ1v) is 9.69. The summed E-state index contributed by atoms with van der Waals surface area (Å²) < 4.78 is 13.4. The van der Waals surface area contributed by atoms with Crippen molar-refractivity contribution in [2.75, 3.05) is 0 Å². The highest BCUT2D eigenvalue weighted by atomic mass is 19.1. The van der Waals surface area contributed by atoms with Crippen LogP contribution in [0.4, 0.5) is 4.39 Å². The van der Waals surface area contributed by atoms with Gasteiger partial charge in [-0.2, -0.15) is 0 Å². The molecule has 0 spiro atoms. The molecule has 1 unspecified atom stereocenters. The Balaban J connectivity index is 2.02. The minimum Gasteiger partial charge on any atom is -0.379 e. The maximum atomic E-state index is 13.4. The lowest BCUT2D eigenvalue weighted by atomic mass is 9.99. The van der Waals surface area contributed by atoms with Gasteiger partial charge in [0.05, 0.1) is 0 Å². The summed E-state index contributed by atoms with van der Waals surface area (Å²) in [6.45, 7) is 12.1. The third-order valence-corrected chi connectivity index (χ3v) is 4.67. The normalized spacial score (nSPS) is 13.2. The minimum atomic E-state index is -0.182. The first-order chi connectivity index (χ1) is 13.4. The average Bonchev–Trinajstić information content (AvgIpc) is 2.68. The quantitative estimate of drug-likeness (QED) is 0.486. The predicted molar refractivity (Wildman–Crippen MR) is 120 cm³/mol. The Kier molecular flexibility index (Phi) is 8.01. The van der Waals surface area contributed by atoms with Gasteiger partial charge in [0.2, 0.25) is 0 Å². The molecule has 2 aromatic rings. The molecule has 2 aromatic carbocycles. The van der Waals surface area contributed by atoms with Crippen LogP contribution in [0.25, 0.3) is 6.08 Å². The number of halogens is 1. The fourth-order valence-corrected chi connectivity index (χ4v) is 3.06. The molecule has 0 fully saturated rings. The van der Waals surface area contributed by atoms with E-state index in [0.717, 1.165) is 17.7 Å². The van der Waals surface area contributed by atoms with Crippen LogP contribution in [0.5, 0.6) is 0 Å². The summed E-state index contributed by atoms with van der Waals surface area (Å²) in [6, 6.07) is 13.9. The highest BCUT2D eigenvalue weighted by molar-refractivity contribution is 5.53. The van der Waals surface area contributed by atoms with Crippen molar-refractivity contribution in [1.82, 2.24) is 5.32 Å². The zero-order valence-corrected chi connectivity index (χ0v) is 17.3. The molecule has 0 bridgehead atoms. The van der Waals surface area contributed by atoms with Gasteiger partial charge in [0.15, 0.2) is 0 Å². The highest BCUT2D eigenvalue weighted by Crippen LogP contribution is 2.18. The summed E-state index contributed by atoms with van der Waals surface area (Å²) in [5.41, 5.74) is 6.25. The smallest absolute Gasteiger partial charge is 0.126 e. The number of allylic oxidation sites excluding steroid dienone is 5. The second-order valence-corrected chi connectivity index (χ2v) is 7.02. The summed E-state index contributed by atoms with van der Waals surface area (Å²) in [6.07, 6.45) is 11.2. The van der Waals surface area contributed by atoms with E-state index in [9.17, 15) is 4.39 Å². The molecule has 0 aliphatic carbocycles. The molecule has 28 heavy (non-hydrogen) atoms. The van der Waals surface area contributed by atoms with Crippen LogP contribution in [-0.4, -0.2) is 0 Å². The van der Waals surface area contributed by atoms with Gasteiger partial charge in [0, 0.05) is 11.7 Å². The minimum absolute atomic E-state index is 0.142. The fraction of sp³-hybridized carbons (Fsp3) is 0.231. The number of rotatable bonds is 8. The second kappa shape index (κ2) is 10.5. The number of hydrogen-bond donors (Lipinski definition) is 1. The summed E-state index contributed by atoms with van der Waals surface area (Å²) >= 11 is 0. The van der Waals surface area contributed by atoms with Crippen molar-refractivity contribution in [3.05, 3.63) is 113 Å². The third-order valence-electron chi connectivity index (χ3n) is 4.67.